The minimum atomic E-state index is -0.175. The van der Waals surface area contributed by atoms with Crippen molar-refractivity contribution in [2.45, 2.75) is 0 Å². The molecule has 0 aliphatic carbocycles. The number of nitrogens with one attached hydrogen (secondary N) is 2. The Balaban J connectivity index is 2.25. The van der Waals surface area contributed by atoms with Crippen molar-refractivity contribution in [2.75, 3.05) is 0 Å². The van der Waals surface area contributed by atoms with E-state index < -0.39 is 0 Å². The van der Waals surface area contributed by atoms with Gasteiger partial charge in [-0.25, -0.2) is 0 Å². The maximum Gasteiger partial charge on any atom is 0.248 e. The first-order valence-corrected chi connectivity index (χ1v) is 6.08. The maximum absolute atomic E-state index is 11.4. The van der Waals surface area contributed by atoms with Crippen molar-refractivity contribution < 1.29 is 0 Å². The lowest BCUT2D eigenvalue weighted by Gasteiger charge is -2.06. The molecular formula is C13H10N4OS. The lowest BCUT2D eigenvalue weighted by molar-refractivity contribution is 1.03. The van der Waals surface area contributed by atoms with Gasteiger partial charge in [0.05, 0.1) is 0 Å². The summed E-state index contributed by atoms with van der Waals surface area (Å²) in [5.41, 5.74) is 1.43. The van der Waals surface area contributed by atoms with E-state index in [4.69, 9.17) is 12.2 Å². The molecule has 3 aromatic rings. The van der Waals surface area contributed by atoms with Crippen LogP contribution in [0.4, 0.5) is 0 Å². The van der Waals surface area contributed by atoms with Crippen LogP contribution in [0.1, 0.15) is 0 Å². The van der Waals surface area contributed by atoms with Crippen molar-refractivity contribution in [3.05, 3.63) is 63.8 Å². The van der Waals surface area contributed by atoms with E-state index in [9.17, 15) is 4.79 Å². The Kier molecular flexibility index (Phi) is 2.85. The third-order valence-electron chi connectivity index (χ3n) is 2.72. The minimum Gasteiger partial charge on any atom is -0.329 e. The van der Waals surface area contributed by atoms with E-state index in [1.165, 1.54) is 6.07 Å². The molecule has 0 fully saturated rings. The first-order valence-electron chi connectivity index (χ1n) is 5.67. The number of hydrogen-bond acceptors (Lipinski definition) is 3. The van der Waals surface area contributed by atoms with Crippen molar-refractivity contribution in [3.8, 4) is 17.1 Å². The van der Waals surface area contributed by atoms with E-state index in [1.807, 2.05) is 30.3 Å². The van der Waals surface area contributed by atoms with Gasteiger partial charge in [-0.2, -0.15) is 5.10 Å². The summed E-state index contributed by atoms with van der Waals surface area (Å²) >= 11 is 5.25. The first kappa shape index (κ1) is 11.6. The number of aromatic amines is 2. The van der Waals surface area contributed by atoms with E-state index in [2.05, 4.69) is 15.2 Å². The van der Waals surface area contributed by atoms with Gasteiger partial charge >= 0.3 is 0 Å². The highest BCUT2D eigenvalue weighted by Crippen LogP contribution is 2.19. The number of para-hydroxylation sites is 1. The molecular weight excluding hydrogens is 260 g/mol. The van der Waals surface area contributed by atoms with E-state index in [0.717, 1.165) is 5.69 Å². The first-order chi connectivity index (χ1) is 9.25. The number of hydrogen-bond donors (Lipinski definition) is 2. The van der Waals surface area contributed by atoms with Crippen molar-refractivity contribution in [1.82, 2.24) is 19.7 Å². The number of aromatic nitrogens is 4. The lowest BCUT2D eigenvalue weighted by atomic mass is 10.2. The summed E-state index contributed by atoms with van der Waals surface area (Å²) in [5.74, 6) is 0.613. The zero-order chi connectivity index (χ0) is 13.2. The highest BCUT2D eigenvalue weighted by molar-refractivity contribution is 7.71. The molecule has 19 heavy (non-hydrogen) atoms. The summed E-state index contributed by atoms with van der Waals surface area (Å²) in [6, 6.07) is 12.9. The van der Waals surface area contributed by atoms with Gasteiger partial charge in [-0.3, -0.25) is 14.5 Å². The van der Waals surface area contributed by atoms with Crippen molar-refractivity contribution >= 4 is 12.2 Å². The number of rotatable bonds is 2. The molecule has 0 radical (unpaired) electrons. The molecule has 0 saturated heterocycles. The largest absolute Gasteiger partial charge is 0.329 e. The fourth-order valence-corrected chi connectivity index (χ4v) is 2.13. The molecule has 0 aliphatic heterocycles. The number of benzene rings is 1. The van der Waals surface area contributed by atoms with Crippen LogP contribution in [-0.4, -0.2) is 19.7 Å². The minimum absolute atomic E-state index is 0.175. The summed E-state index contributed by atoms with van der Waals surface area (Å²) in [7, 11) is 0. The molecule has 94 valence electrons. The molecule has 1 aromatic carbocycles. The Hall–Kier alpha value is -2.47. The quantitative estimate of drug-likeness (QED) is 0.702. The molecule has 0 saturated carbocycles. The summed E-state index contributed by atoms with van der Waals surface area (Å²) in [5, 5.41) is 6.95. The Labute approximate surface area is 113 Å². The fraction of sp³-hybridized carbons (Fsp3) is 0. The predicted molar refractivity (Wildman–Crippen MR) is 74.8 cm³/mol. The average molecular weight is 270 g/mol. The molecule has 5 nitrogen and oxygen atoms in total. The van der Waals surface area contributed by atoms with Gasteiger partial charge < -0.3 is 4.98 Å². The SMILES string of the molecule is O=c1cc(-c2n[nH]c(=S)n2-c2ccccc2)cc[nH]1. The van der Waals surface area contributed by atoms with Gasteiger partial charge in [0.2, 0.25) is 5.56 Å². The summed E-state index contributed by atoms with van der Waals surface area (Å²) < 4.78 is 2.28. The van der Waals surface area contributed by atoms with Crippen LogP contribution in [0.2, 0.25) is 0 Å². The molecule has 3 rings (SSSR count). The van der Waals surface area contributed by atoms with E-state index in [1.54, 1.807) is 16.8 Å². The van der Waals surface area contributed by atoms with Crippen molar-refractivity contribution in [2.24, 2.45) is 0 Å². The summed E-state index contributed by atoms with van der Waals surface area (Å²) in [4.78, 5) is 14.0. The molecule has 0 spiro atoms. The van der Waals surface area contributed by atoms with Crippen LogP contribution in [0.15, 0.2) is 53.5 Å². The van der Waals surface area contributed by atoms with Crippen LogP contribution in [0.25, 0.3) is 17.1 Å². The maximum atomic E-state index is 11.4. The highest BCUT2D eigenvalue weighted by Gasteiger charge is 2.10. The van der Waals surface area contributed by atoms with Gasteiger partial charge in [-0.05, 0) is 30.4 Å². The van der Waals surface area contributed by atoms with E-state index >= 15 is 0 Å². The number of pyridine rings is 1. The highest BCUT2D eigenvalue weighted by atomic mass is 32.1. The molecule has 2 N–H and O–H groups in total. The van der Waals surface area contributed by atoms with Gasteiger partial charge in [0, 0.05) is 23.5 Å². The van der Waals surface area contributed by atoms with Crippen LogP contribution in [0.3, 0.4) is 0 Å². The Morgan fingerprint density at radius 2 is 1.95 bits per heavy atom. The molecule has 0 atom stereocenters. The standard InChI is InChI=1S/C13H10N4OS/c18-11-8-9(6-7-14-11)12-15-16-13(19)17(12)10-4-2-1-3-5-10/h1-8H,(H,14,18)(H,16,19). The third-order valence-corrected chi connectivity index (χ3v) is 2.99. The number of nitrogens with zero attached hydrogens (tertiary/aromatic N) is 2. The molecule has 0 aliphatic rings. The predicted octanol–water partition coefficient (Wildman–Crippen LogP) is 2.29. The third kappa shape index (κ3) is 2.13. The zero-order valence-corrected chi connectivity index (χ0v) is 10.6. The second-order valence-corrected chi connectivity index (χ2v) is 4.35. The van der Waals surface area contributed by atoms with Gasteiger partial charge in [-0.15, -0.1) is 0 Å². The van der Waals surface area contributed by atoms with Gasteiger partial charge in [0.25, 0.3) is 0 Å². The average Bonchev–Trinajstić information content (AvgIpc) is 2.82. The second kappa shape index (κ2) is 4.66. The monoisotopic (exact) mass is 270 g/mol. The molecule has 2 aromatic heterocycles. The smallest absolute Gasteiger partial charge is 0.248 e. The topological polar surface area (TPSA) is 66.5 Å². The van der Waals surface area contributed by atoms with Crippen LogP contribution in [0, 0.1) is 4.77 Å². The Morgan fingerprint density at radius 1 is 1.16 bits per heavy atom. The van der Waals surface area contributed by atoms with Gasteiger partial charge in [0.1, 0.15) is 0 Å². The lowest BCUT2D eigenvalue weighted by Crippen LogP contribution is -2.04. The van der Waals surface area contributed by atoms with Gasteiger partial charge in [-0.1, -0.05) is 18.2 Å². The van der Waals surface area contributed by atoms with Crippen LogP contribution in [0.5, 0.6) is 0 Å². The number of H-pyrrole nitrogens is 2. The Bertz CT molecular complexity index is 816. The van der Waals surface area contributed by atoms with Crippen LogP contribution in [-0.2, 0) is 0 Å². The van der Waals surface area contributed by atoms with Gasteiger partial charge in [0.15, 0.2) is 10.6 Å². The zero-order valence-electron chi connectivity index (χ0n) is 9.83. The second-order valence-electron chi connectivity index (χ2n) is 3.96. The molecule has 6 heteroatoms. The van der Waals surface area contributed by atoms with Crippen molar-refractivity contribution in [3.63, 3.8) is 0 Å². The van der Waals surface area contributed by atoms with Crippen LogP contribution >= 0.6 is 12.2 Å². The summed E-state index contributed by atoms with van der Waals surface area (Å²) in [6.07, 6.45) is 1.59. The van der Waals surface area contributed by atoms with E-state index in [0.29, 0.717) is 16.2 Å². The van der Waals surface area contributed by atoms with E-state index in [-0.39, 0.29) is 5.56 Å². The molecule has 2 heterocycles. The molecule has 0 unspecified atom stereocenters. The molecule has 0 amide bonds. The fourth-order valence-electron chi connectivity index (χ4n) is 1.89. The summed E-state index contributed by atoms with van der Waals surface area (Å²) in [6.45, 7) is 0. The van der Waals surface area contributed by atoms with Crippen LogP contribution < -0.4 is 5.56 Å². The van der Waals surface area contributed by atoms with Crippen molar-refractivity contribution in [1.29, 1.82) is 0 Å². The Morgan fingerprint density at radius 3 is 2.68 bits per heavy atom. The normalized spacial score (nSPS) is 10.5. The molecule has 0 bridgehead atoms.